The van der Waals surface area contributed by atoms with Gasteiger partial charge in [0.2, 0.25) is 0 Å². The molecule has 2 nitrogen and oxygen atoms in total. The molecular formula is C7H13N2P. The van der Waals surface area contributed by atoms with Gasteiger partial charge in [0.25, 0.3) is 0 Å². The van der Waals surface area contributed by atoms with Crippen LogP contribution in [-0.4, -0.2) is 9.78 Å². The summed E-state index contributed by atoms with van der Waals surface area (Å²) in [6, 6.07) is 0. The first-order valence-electron chi connectivity index (χ1n) is 3.46. The van der Waals surface area contributed by atoms with E-state index < -0.39 is 0 Å². The molecule has 0 aromatic carbocycles. The van der Waals surface area contributed by atoms with Crippen LogP contribution in [0.3, 0.4) is 0 Å². The number of rotatable bonds is 2. The summed E-state index contributed by atoms with van der Waals surface area (Å²) in [5, 5.41) is 4.15. The first-order valence-corrected chi connectivity index (χ1v) is 4.28. The van der Waals surface area contributed by atoms with Crippen molar-refractivity contribution in [1.29, 1.82) is 0 Å². The molecule has 1 unspecified atom stereocenters. The summed E-state index contributed by atoms with van der Waals surface area (Å²) in [6.07, 6.45) is 4.89. The van der Waals surface area contributed by atoms with E-state index in [0.717, 1.165) is 6.29 Å². The van der Waals surface area contributed by atoms with Crippen LogP contribution in [0, 0.1) is 0 Å². The Morgan fingerprint density at radius 1 is 1.70 bits per heavy atom. The van der Waals surface area contributed by atoms with Crippen LogP contribution in [0.4, 0.5) is 0 Å². The predicted octanol–water partition coefficient (Wildman–Crippen LogP) is 1.84. The standard InChI is InChI=1S/C7H13N2P/c1-6(2)7-3-8-9(4-7)5-10/h3-4,6H,5,10H2,1-2H3. The van der Waals surface area contributed by atoms with Crippen molar-refractivity contribution >= 4 is 9.24 Å². The molecule has 0 N–H and O–H groups in total. The van der Waals surface area contributed by atoms with Gasteiger partial charge in [-0.3, -0.25) is 4.68 Å². The maximum absolute atomic E-state index is 4.15. The summed E-state index contributed by atoms with van der Waals surface area (Å²) >= 11 is 0. The second kappa shape index (κ2) is 3.16. The molecule has 1 heterocycles. The maximum atomic E-state index is 4.15. The topological polar surface area (TPSA) is 17.8 Å². The first-order chi connectivity index (χ1) is 4.74. The molecule has 0 aliphatic rings. The smallest absolute Gasteiger partial charge is 0.0547 e. The summed E-state index contributed by atoms with van der Waals surface area (Å²) in [4.78, 5) is 0. The molecule has 0 aliphatic heterocycles. The highest BCUT2D eigenvalue weighted by Gasteiger charge is 2.00. The van der Waals surface area contributed by atoms with E-state index in [1.807, 2.05) is 10.9 Å². The lowest BCUT2D eigenvalue weighted by atomic mass is 10.1. The fourth-order valence-electron chi connectivity index (χ4n) is 0.778. The second-order valence-electron chi connectivity index (χ2n) is 2.65. The molecule has 0 spiro atoms. The van der Waals surface area contributed by atoms with Crippen molar-refractivity contribution in [3.05, 3.63) is 18.0 Å². The van der Waals surface area contributed by atoms with Crippen molar-refractivity contribution in [1.82, 2.24) is 9.78 Å². The van der Waals surface area contributed by atoms with Crippen molar-refractivity contribution < 1.29 is 0 Å². The van der Waals surface area contributed by atoms with Gasteiger partial charge < -0.3 is 0 Å². The normalized spacial score (nSPS) is 10.8. The molecule has 56 valence electrons. The Balaban J connectivity index is 2.78. The van der Waals surface area contributed by atoms with Crippen LogP contribution in [0.25, 0.3) is 0 Å². The Morgan fingerprint density at radius 2 is 2.40 bits per heavy atom. The highest BCUT2D eigenvalue weighted by molar-refractivity contribution is 7.15. The van der Waals surface area contributed by atoms with Crippen molar-refractivity contribution in [3.63, 3.8) is 0 Å². The van der Waals surface area contributed by atoms with Gasteiger partial charge in [-0.15, -0.1) is 9.24 Å². The van der Waals surface area contributed by atoms with E-state index in [4.69, 9.17) is 0 Å². The molecule has 1 atom stereocenters. The van der Waals surface area contributed by atoms with Gasteiger partial charge in [-0.2, -0.15) is 5.10 Å². The number of aromatic nitrogens is 2. The third-order valence-corrected chi connectivity index (χ3v) is 1.88. The molecule has 1 aromatic heterocycles. The van der Waals surface area contributed by atoms with Gasteiger partial charge >= 0.3 is 0 Å². The zero-order valence-corrected chi connectivity index (χ0v) is 7.57. The summed E-state index contributed by atoms with van der Waals surface area (Å²) < 4.78 is 1.92. The number of hydrogen-bond acceptors (Lipinski definition) is 1. The van der Waals surface area contributed by atoms with Crippen molar-refractivity contribution in [2.45, 2.75) is 26.1 Å². The monoisotopic (exact) mass is 156 g/mol. The fraction of sp³-hybridized carbons (Fsp3) is 0.571. The molecular weight excluding hydrogens is 143 g/mol. The van der Waals surface area contributed by atoms with Gasteiger partial charge in [0.1, 0.15) is 0 Å². The van der Waals surface area contributed by atoms with Gasteiger partial charge in [-0.05, 0) is 11.5 Å². The number of nitrogens with zero attached hydrogens (tertiary/aromatic N) is 2. The van der Waals surface area contributed by atoms with Gasteiger partial charge in [-0.1, -0.05) is 13.8 Å². The molecule has 0 fully saturated rings. The first kappa shape index (κ1) is 7.74. The average molecular weight is 156 g/mol. The maximum Gasteiger partial charge on any atom is 0.0547 e. The van der Waals surface area contributed by atoms with Gasteiger partial charge in [0, 0.05) is 6.20 Å². The van der Waals surface area contributed by atoms with Crippen LogP contribution in [-0.2, 0) is 6.29 Å². The lowest BCUT2D eigenvalue weighted by Crippen LogP contribution is -1.89. The Morgan fingerprint density at radius 3 is 2.70 bits per heavy atom. The zero-order valence-electron chi connectivity index (χ0n) is 6.41. The molecule has 1 rings (SSSR count). The van der Waals surface area contributed by atoms with Crippen molar-refractivity contribution in [3.8, 4) is 0 Å². The Kier molecular flexibility index (Phi) is 2.44. The zero-order chi connectivity index (χ0) is 7.56. The highest BCUT2D eigenvalue weighted by Crippen LogP contribution is 2.12. The number of hydrogen-bond donors (Lipinski definition) is 0. The average Bonchev–Trinajstić information content (AvgIpc) is 2.34. The highest BCUT2D eigenvalue weighted by atomic mass is 31.0. The van der Waals surface area contributed by atoms with E-state index in [1.54, 1.807) is 0 Å². The molecule has 0 amide bonds. The molecule has 0 bridgehead atoms. The summed E-state index contributed by atoms with van der Waals surface area (Å²) in [5.41, 5.74) is 1.31. The minimum absolute atomic E-state index is 0.588. The van der Waals surface area contributed by atoms with Crippen LogP contribution >= 0.6 is 9.24 Å². The quantitative estimate of drug-likeness (QED) is 0.597. The predicted molar refractivity (Wildman–Crippen MR) is 46.0 cm³/mol. The Labute approximate surface area is 63.8 Å². The van der Waals surface area contributed by atoms with Crippen molar-refractivity contribution in [2.75, 3.05) is 0 Å². The van der Waals surface area contributed by atoms with Gasteiger partial charge in [0.05, 0.1) is 12.5 Å². The van der Waals surface area contributed by atoms with Crippen molar-refractivity contribution in [2.24, 2.45) is 0 Å². The summed E-state index contributed by atoms with van der Waals surface area (Å²) in [6.45, 7) is 4.34. The molecule has 3 heteroatoms. The van der Waals surface area contributed by atoms with Crippen LogP contribution < -0.4 is 0 Å². The molecule has 0 aliphatic carbocycles. The van der Waals surface area contributed by atoms with Crippen LogP contribution in [0.15, 0.2) is 12.4 Å². The minimum atomic E-state index is 0.588. The van der Waals surface area contributed by atoms with E-state index >= 15 is 0 Å². The fourth-order valence-corrected chi connectivity index (χ4v) is 0.977. The van der Waals surface area contributed by atoms with Gasteiger partial charge in [-0.25, -0.2) is 0 Å². The lowest BCUT2D eigenvalue weighted by Gasteiger charge is -1.96. The molecule has 0 saturated heterocycles. The summed E-state index contributed by atoms with van der Waals surface area (Å²) in [5.74, 6) is 0.588. The Hall–Kier alpha value is -0.360. The molecule has 1 aromatic rings. The lowest BCUT2D eigenvalue weighted by molar-refractivity contribution is 0.748. The minimum Gasteiger partial charge on any atom is -0.269 e. The van der Waals surface area contributed by atoms with E-state index in [9.17, 15) is 0 Å². The second-order valence-corrected chi connectivity index (χ2v) is 3.02. The van der Waals surface area contributed by atoms with Crippen LogP contribution in [0.2, 0.25) is 0 Å². The van der Waals surface area contributed by atoms with Crippen LogP contribution in [0.5, 0.6) is 0 Å². The van der Waals surface area contributed by atoms with E-state index in [1.165, 1.54) is 5.56 Å². The third kappa shape index (κ3) is 1.57. The molecule has 10 heavy (non-hydrogen) atoms. The Bertz CT molecular complexity index is 205. The van der Waals surface area contributed by atoms with Gasteiger partial charge in [0.15, 0.2) is 0 Å². The molecule has 0 saturated carbocycles. The molecule has 0 radical (unpaired) electrons. The van der Waals surface area contributed by atoms with Crippen LogP contribution in [0.1, 0.15) is 25.3 Å². The van der Waals surface area contributed by atoms with E-state index in [2.05, 4.69) is 34.4 Å². The SMILES string of the molecule is CC(C)c1cnn(CP)c1. The third-order valence-electron chi connectivity index (χ3n) is 1.51. The largest absolute Gasteiger partial charge is 0.269 e. The van der Waals surface area contributed by atoms with E-state index in [0.29, 0.717) is 5.92 Å². The van der Waals surface area contributed by atoms with E-state index in [-0.39, 0.29) is 0 Å². The summed E-state index contributed by atoms with van der Waals surface area (Å²) in [7, 11) is 2.64.